The van der Waals surface area contributed by atoms with Crippen LogP contribution >= 0.6 is 0 Å². The zero-order valence-electron chi connectivity index (χ0n) is 14.2. The topological polar surface area (TPSA) is 130 Å². The molecule has 0 atom stereocenters. The molecule has 4 rings (SSSR count). The molecule has 8 heteroatoms. The highest BCUT2D eigenvalue weighted by Crippen LogP contribution is 2.42. The van der Waals surface area contributed by atoms with Crippen LogP contribution < -0.4 is 5.32 Å². The Morgan fingerprint density at radius 2 is 1.57 bits per heavy atom. The average Bonchev–Trinajstić information content (AvgIpc) is 2.65. The number of rotatable bonds is 3. The van der Waals surface area contributed by atoms with Crippen molar-refractivity contribution in [2.24, 2.45) is 0 Å². The first-order chi connectivity index (χ1) is 13.4. The number of nitro benzene ring substituents is 1. The molecule has 0 saturated carbocycles. The Hall–Kier alpha value is -4.20. The van der Waals surface area contributed by atoms with Gasteiger partial charge in [-0.1, -0.05) is 18.2 Å². The van der Waals surface area contributed by atoms with Crippen molar-refractivity contribution in [3.63, 3.8) is 0 Å². The molecule has 1 aliphatic rings. The number of ketones is 2. The van der Waals surface area contributed by atoms with Crippen molar-refractivity contribution in [2.75, 3.05) is 5.32 Å². The van der Waals surface area contributed by atoms with E-state index in [0.29, 0.717) is 5.69 Å². The van der Waals surface area contributed by atoms with Crippen molar-refractivity contribution in [1.82, 2.24) is 0 Å². The highest BCUT2D eigenvalue weighted by atomic mass is 16.6. The molecule has 0 unspecified atom stereocenters. The second-order valence-electron chi connectivity index (χ2n) is 6.18. The van der Waals surface area contributed by atoms with E-state index in [4.69, 9.17) is 0 Å². The molecule has 8 nitrogen and oxygen atoms in total. The minimum atomic E-state index is -0.856. The SMILES string of the molecule is O=C1c2cc(O)cc(O)c2C(=O)c2c1ccc(Nc1ccccc1)c2[N+](=O)[O-]. The molecule has 138 valence electrons. The van der Waals surface area contributed by atoms with Crippen LogP contribution in [0.3, 0.4) is 0 Å². The lowest BCUT2D eigenvalue weighted by atomic mass is 9.82. The van der Waals surface area contributed by atoms with Gasteiger partial charge in [0.1, 0.15) is 22.7 Å². The maximum absolute atomic E-state index is 13.0. The maximum Gasteiger partial charge on any atom is 0.304 e. The molecule has 0 bridgehead atoms. The number of hydrogen-bond acceptors (Lipinski definition) is 7. The number of nitro groups is 1. The molecule has 3 aromatic carbocycles. The molecule has 0 spiro atoms. The monoisotopic (exact) mass is 376 g/mol. The first-order valence-electron chi connectivity index (χ1n) is 8.17. The third-order valence-corrected chi connectivity index (χ3v) is 4.46. The summed E-state index contributed by atoms with van der Waals surface area (Å²) in [5, 5.41) is 34.4. The number of nitrogens with one attached hydrogen (secondary N) is 1. The molecule has 1 aliphatic carbocycles. The number of fused-ring (bicyclic) bond motifs is 2. The lowest BCUT2D eigenvalue weighted by Crippen LogP contribution is -2.23. The average molecular weight is 376 g/mol. The first-order valence-corrected chi connectivity index (χ1v) is 8.17. The number of para-hydroxylation sites is 1. The summed E-state index contributed by atoms with van der Waals surface area (Å²) < 4.78 is 0. The summed E-state index contributed by atoms with van der Waals surface area (Å²) in [5.74, 6) is -2.55. The Labute approximate surface area is 157 Å². The minimum absolute atomic E-state index is 0.0396. The standard InChI is InChI=1S/C20H12N2O6/c23-11-8-13-16(15(24)9-11)20(26)17-12(19(13)25)6-7-14(18(17)22(27)28)21-10-4-2-1-3-5-10/h1-9,21,23-24H. The van der Waals surface area contributed by atoms with E-state index in [-0.39, 0.29) is 22.4 Å². The van der Waals surface area contributed by atoms with E-state index >= 15 is 0 Å². The van der Waals surface area contributed by atoms with Crippen molar-refractivity contribution in [3.8, 4) is 11.5 Å². The van der Waals surface area contributed by atoms with Crippen LogP contribution in [0, 0.1) is 10.1 Å². The largest absolute Gasteiger partial charge is 0.508 e. The molecule has 3 N–H and O–H groups in total. The Balaban J connectivity index is 1.95. The van der Waals surface area contributed by atoms with Gasteiger partial charge >= 0.3 is 5.69 Å². The highest BCUT2D eigenvalue weighted by molar-refractivity contribution is 6.31. The summed E-state index contributed by atoms with van der Waals surface area (Å²) in [6.45, 7) is 0. The van der Waals surface area contributed by atoms with Gasteiger partial charge < -0.3 is 15.5 Å². The van der Waals surface area contributed by atoms with Gasteiger partial charge in [0.25, 0.3) is 0 Å². The number of nitrogens with zero attached hydrogens (tertiary/aromatic N) is 1. The predicted molar refractivity (Wildman–Crippen MR) is 99.5 cm³/mol. The summed E-state index contributed by atoms with van der Waals surface area (Å²) in [6, 6.07) is 13.3. The molecule has 0 aliphatic heterocycles. The van der Waals surface area contributed by atoms with Crippen molar-refractivity contribution in [3.05, 3.63) is 87.0 Å². The predicted octanol–water partition coefficient (Wildman–Crippen LogP) is 3.53. The van der Waals surface area contributed by atoms with Crippen LogP contribution in [0.4, 0.5) is 17.1 Å². The Morgan fingerprint density at radius 3 is 2.25 bits per heavy atom. The molecule has 0 saturated heterocycles. The van der Waals surface area contributed by atoms with Crippen molar-refractivity contribution < 1.29 is 24.7 Å². The van der Waals surface area contributed by atoms with Gasteiger partial charge in [-0.05, 0) is 30.3 Å². The van der Waals surface area contributed by atoms with E-state index < -0.39 is 39.2 Å². The number of phenols is 2. The summed E-state index contributed by atoms with van der Waals surface area (Å²) in [6.07, 6.45) is 0. The minimum Gasteiger partial charge on any atom is -0.508 e. The number of carbonyl (C=O) groups is 2. The zero-order chi connectivity index (χ0) is 20.0. The van der Waals surface area contributed by atoms with Gasteiger partial charge in [0.15, 0.2) is 5.78 Å². The molecule has 0 aromatic heterocycles. The van der Waals surface area contributed by atoms with Crippen LogP contribution in [0.15, 0.2) is 54.6 Å². The number of carbonyl (C=O) groups excluding carboxylic acids is 2. The molecule has 3 aromatic rings. The van der Waals surface area contributed by atoms with Gasteiger partial charge in [-0.15, -0.1) is 0 Å². The molecular formula is C20H12N2O6. The fourth-order valence-corrected chi connectivity index (χ4v) is 3.28. The smallest absolute Gasteiger partial charge is 0.304 e. The molecule has 28 heavy (non-hydrogen) atoms. The van der Waals surface area contributed by atoms with E-state index in [0.717, 1.165) is 12.1 Å². The molecule has 0 radical (unpaired) electrons. The molecule has 0 heterocycles. The number of aromatic hydroxyl groups is 2. The molecule has 0 amide bonds. The lowest BCUT2D eigenvalue weighted by molar-refractivity contribution is -0.384. The maximum atomic E-state index is 13.0. The van der Waals surface area contributed by atoms with Crippen molar-refractivity contribution >= 4 is 28.6 Å². The quantitative estimate of drug-likeness (QED) is 0.368. The van der Waals surface area contributed by atoms with Crippen LogP contribution in [-0.4, -0.2) is 26.7 Å². The van der Waals surface area contributed by atoms with Gasteiger partial charge in [0.2, 0.25) is 5.78 Å². The second-order valence-corrected chi connectivity index (χ2v) is 6.18. The Morgan fingerprint density at radius 1 is 0.857 bits per heavy atom. The number of phenolic OH excluding ortho intramolecular Hbond substituents is 2. The summed E-state index contributed by atoms with van der Waals surface area (Å²) in [4.78, 5) is 36.8. The van der Waals surface area contributed by atoms with Crippen molar-refractivity contribution in [1.29, 1.82) is 0 Å². The summed E-state index contributed by atoms with van der Waals surface area (Å²) >= 11 is 0. The van der Waals surface area contributed by atoms with Gasteiger partial charge in [0, 0.05) is 22.9 Å². The summed E-state index contributed by atoms with van der Waals surface area (Å²) in [5.41, 5.74) is -1.08. The Kier molecular flexibility index (Phi) is 3.82. The fourth-order valence-electron chi connectivity index (χ4n) is 3.28. The normalized spacial score (nSPS) is 12.3. The van der Waals surface area contributed by atoms with Crippen LogP contribution in [0.25, 0.3) is 0 Å². The van der Waals surface area contributed by atoms with E-state index in [9.17, 15) is 29.9 Å². The van der Waals surface area contributed by atoms with Gasteiger partial charge in [0.05, 0.1) is 10.5 Å². The number of hydrogen-bond donors (Lipinski definition) is 3. The van der Waals surface area contributed by atoms with Gasteiger partial charge in [-0.3, -0.25) is 19.7 Å². The van der Waals surface area contributed by atoms with E-state index in [1.165, 1.54) is 12.1 Å². The van der Waals surface area contributed by atoms with E-state index in [1.807, 2.05) is 0 Å². The fraction of sp³-hybridized carbons (Fsp3) is 0. The van der Waals surface area contributed by atoms with Crippen LogP contribution in [0.2, 0.25) is 0 Å². The lowest BCUT2D eigenvalue weighted by Gasteiger charge is -2.20. The number of benzene rings is 3. The summed E-state index contributed by atoms with van der Waals surface area (Å²) in [7, 11) is 0. The van der Waals surface area contributed by atoms with E-state index in [1.54, 1.807) is 30.3 Å². The van der Waals surface area contributed by atoms with Crippen LogP contribution in [0.5, 0.6) is 11.5 Å². The number of anilines is 2. The first kappa shape index (κ1) is 17.2. The second kappa shape index (κ2) is 6.20. The van der Waals surface area contributed by atoms with E-state index in [2.05, 4.69) is 5.32 Å². The third kappa shape index (κ3) is 2.55. The Bertz CT molecular complexity index is 1170. The third-order valence-electron chi connectivity index (χ3n) is 4.46. The van der Waals surface area contributed by atoms with Crippen LogP contribution in [0.1, 0.15) is 31.8 Å². The molecular weight excluding hydrogens is 364 g/mol. The highest BCUT2D eigenvalue weighted by Gasteiger charge is 2.39. The van der Waals surface area contributed by atoms with Gasteiger partial charge in [-0.25, -0.2) is 0 Å². The van der Waals surface area contributed by atoms with Crippen LogP contribution in [-0.2, 0) is 0 Å². The van der Waals surface area contributed by atoms with Gasteiger partial charge in [-0.2, -0.15) is 0 Å². The molecule has 0 fully saturated rings. The van der Waals surface area contributed by atoms with Crippen molar-refractivity contribution in [2.45, 2.75) is 0 Å². The zero-order valence-corrected chi connectivity index (χ0v) is 14.2.